The minimum atomic E-state index is 0.0409. The Morgan fingerprint density at radius 3 is 1.91 bits per heavy atom. The van der Waals surface area contributed by atoms with Gasteiger partial charge in [0, 0.05) is 18.8 Å². The lowest BCUT2D eigenvalue weighted by Crippen LogP contribution is -2.36. The summed E-state index contributed by atoms with van der Waals surface area (Å²) >= 11 is 0. The average Bonchev–Trinajstić information content (AvgIpc) is 2.54. The van der Waals surface area contributed by atoms with Gasteiger partial charge in [-0.3, -0.25) is 0 Å². The maximum absolute atomic E-state index is 12.5. The predicted octanol–water partition coefficient (Wildman–Crippen LogP) is 5.68. The summed E-state index contributed by atoms with van der Waals surface area (Å²) in [6.07, 6.45) is 9.59. The maximum Gasteiger partial charge on any atom is 0.321 e. The highest BCUT2D eigenvalue weighted by Gasteiger charge is 2.12. The molecule has 2 amide bonds. The fourth-order valence-electron chi connectivity index (χ4n) is 2.50. The molecule has 1 N–H and O–H groups in total. The number of para-hydroxylation sites is 1. The number of nitrogens with one attached hydrogen (secondary N) is 1. The number of anilines is 1. The van der Waals surface area contributed by atoms with E-state index in [2.05, 4.69) is 19.2 Å². The van der Waals surface area contributed by atoms with Gasteiger partial charge < -0.3 is 10.2 Å². The lowest BCUT2D eigenvalue weighted by molar-refractivity contribution is 0.209. The lowest BCUT2D eigenvalue weighted by Gasteiger charge is -2.23. The lowest BCUT2D eigenvalue weighted by atomic mass is 10.2. The first-order valence-corrected chi connectivity index (χ1v) is 8.89. The Bertz CT molecular complexity index is 380. The summed E-state index contributed by atoms with van der Waals surface area (Å²) < 4.78 is 0. The van der Waals surface area contributed by atoms with E-state index in [0.717, 1.165) is 31.6 Å². The van der Waals surface area contributed by atoms with Crippen molar-refractivity contribution in [2.24, 2.45) is 0 Å². The molecule has 0 unspecified atom stereocenters. The smallest absolute Gasteiger partial charge is 0.321 e. The van der Waals surface area contributed by atoms with E-state index in [4.69, 9.17) is 0 Å². The maximum atomic E-state index is 12.5. The minimum absolute atomic E-state index is 0.0409. The van der Waals surface area contributed by atoms with E-state index in [1.54, 1.807) is 0 Å². The predicted molar refractivity (Wildman–Crippen MR) is 95.3 cm³/mol. The Morgan fingerprint density at radius 2 is 1.41 bits per heavy atom. The van der Waals surface area contributed by atoms with Crippen molar-refractivity contribution in [1.82, 2.24) is 4.90 Å². The van der Waals surface area contributed by atoms with E-state index in [-0.39, 0.29) is 6.03 Å². The topological polar surface area (TPSA) is 32.3 Å². The molecule has 0 aliphatic heterocycles. The number of hydrogen-bond donors (Lipinski definition) is 1. The Labute approximate surface area is 136 Å². The first kappa shape index (κ1) is 18.5. The van der Waals surface area contributed by atoms with Crippen LogP contribution in [0.2, 0.25) is 0 Å². The van der Waals surface area contributed by atoms with Crippen molar-refractivity contribution in [2.45, 2.75) is 65.2 Å². The van der Waals surface area contributed by atoms with Gasteiger partial charge in [-0.1, -0.05) is 70.6 Å². The van der Waals surface area contributed by atoms with E-state index in [1.165, 1.54) is 38.5 Å². The molecule has 0 heterocycles. The summed E-state index contributed by atoms with van der Waals surface area (Å²) in [5, 5.41) is 3.01. The number of carbonyl (C=O) groups is 1. The van der Waals surface area contributed by atoms with Crippen molar-refractivity contribution in [3.05, 3.63) is 30.3 Å². The van der Waals surface area contributed by atoms with Crippen molar-refractivity contribution in [1.29, 1.82) is 0 Å². The van der Waals surface area contributed by atoms with Crippen LogP contribution < -0.4 is 5.32 Å². The van der Waals surface area contributed by atoms with Crippen LogP contribution in [-0.4, -0.2) is 24.0 Å². The van der Waals surface area contributed by atoms with Crippen LogP contribution in [0.5, 0.6) is 0 Å². The van der Waals surface area contributed by atoms with Crippen LogP contribution >= 0.6 is 0 Å². The summed E-state index contributed by atoms with van der Waals surface area (Å²) in [4.78, 5) is 14.4. The third-order valence-corrected chi connectivity index (χ3v) is 3.88. The molecule has 1 rings (SSSR count). The molecule has 0 radical (unpaired) electrons. The molecule has 1 aromatic rings. The zero-order chi connectivity index (χ0) is 16.0. The van der Waals surface area contributed by atoms with Crippen LogP contribution in [0, 0.1) is 0 Å². The molecule has 0 saturated heterocycles. The largest absolute Gasteiger partial charge is 0.325 e. The van der Waals surface area contributed by atoms with E-state index in [1.807, 2.05) is 35.2 Å². The Morgan fingerprint density at radius 1 is 0.864 bits per heavy atom. The van der Waals surface area contributed by atoms with Crippen LogP contribution in [0.1, 0.15) is 65.2 Å². The fraction of sp³-hybridized carbons (Fsp3) is 0.632. The first-order chi connectivity index (χ1) is 10.8. The number of benzene rings is 1. The number of nitrogens with zero attached hydrogens (tertiary/aromatic N) is 1. The number of urea groups is 1. The van der Waals surface area contributed by atoms with Crippen LogP contribution in [0.25, 0.3) is 0 Å². The van der Waals surface area contributed by atoms with Gasteiger partial charge in [0.1, 0.15) is 0 Å². The molecule has 0 bridgehead atoms. The van der Waals surface area contributed by atoms with Gasteiger partial charge in [0.15, 0.2) is 0 Å². The summed E-state index contributed by atoms with van der Waals surface area (Å²) in [6.45, 7) is 6.16. The standard InChI is InChI=1S/C19H32N2O/c1-3-5-7-12-16-21(17-13-8-6-4-2)19(22)20-18-14-10-9-11-15-18/h9-11,14-15H,3-8,12-13,16-17H2,1-2H3,(H,20,22). The number of carbonyl (C=O) groups excluding carboxylic acids is 1. The average molecular weight is 304 g/mol. The molecule has 22 heavy (non-hydrogen) atoms. The molecule has 3 heteroatoms. The van der Waals surface area contributed by atoms with Gasteiger partial charge in [0.2, 0.25) is 0 Å². The van der Waals surface area contributed by atoms with Gasteiger partial charge in [-0.05, 0) is 25.0 Å². The molecule has 0 aliphatic carbocycles. The highest BCUT2D eigenvalue weighted by molar-refractivity contribution is 5.89. The van der Waals surface area contributed by atoms with Gasteiger partial charge in [-0.15, -0.1) is 0 Å². The second kappa shape index (κ2) is 12.1. The molecule has 3 nitrogen and oxygen atoms in total. The van der Waals surface area contributed by atoms with Gasteiger partial charge in [0.25, 0.3) is 0 Å². The molecular weight excluding hydrogens is 272 g/mol. The number of amides is 2. The third kappa shape index (κ3) is 8.06. The van der Waals surface area contributed by atoms with Crippen LogP contribution in [-0.2, 0) is 0 Å². The minimum Gasteiger partial charge on any atom is -0.325 e. The Hall–Kier alpha value is -1.51. The zero-order valence-electron chi connectivity index (χ0n) is 14.3. The van der Waals surface area contributed by atoms with Crippen molar-refractivity contribution < 1.29 is 4.79 Å². The highest BCUT2D eigenvalue weighted by Crippen LogP contribution is 2.10. The monoisotopic (exact) mass is 304 g/mol. The molecular formula is C19H32N2O. The molecule has 0 saturated carbocycles. The molecule has 0 spiro atoms. The van der Waals surface area contributed by atoms with E-state index in [9.17, 15) is 4.79 Å². The molecule has 0 atom stereocenters. The van der Waals surface area contributed by atoms with Gasteiger partial charge in [0.05, 0.1) is 0 Å². The number of unbranched alkanes of at least 4 members (excludes halogenated alkanes) is 6. The number of hydrogen-bond acceptors (Lipinski definition) is 1. The van der Waals surface area contributed by atoms with E-state index < -0.39 is 0 Å². The fourth-order valence-corrected chi connectivity index (χ4v) is 2.50. The molecule has 0 aromatic heterocycles. The van der Waals surface area contributed by atoms with Gasteiger partial charge in [-0.25, -0.2) is 4.79 Å². The molecule has 0 aliphatic rings. The van der Waals surface area contributed by atoms with Gasteiger partial charge >= 0.3 is 6.03 Å². The molecule has 0 fully saturated rings. The summed E-state index contributed by atoms with van der Waals surface area (Å²) in [7, 11) is 0. The Kier molecular flexibility index (Phi) is 10.2. The van der Waals surface area contributed by atoms with Crippen molar-refractivity contribution in [3.8, 4) is 0 Å². The SMILES string of the molecule is CCCCCCN(CCCCCC)C(=O)Nc1ccccc1. The number of rotatable bonds is 11. The van der Waals surface area contributed by atoms with E-state index in [0.29, 0.717) is 0 Å². The molecule has 1 aromatic carbocycles. The summed E-state index contributed by atoms with van der Waals surface area (Å²) in [6, 6.07) is 9.77. The Balaban J connectivity index is 2.45. The summed E-state index contributed by atoms with van der Waals surface area (Å²) in [5.74, 6) is 0. The highest BCUT2D eigenvalue weighted by atomic mass is 16.2. The zero-order valence-corrected chi connectivity index (χ0v) is 14.3. The van der Waals surface area contributed by atoms with Crippen LogP contribution in [0.15, 0.2) is 30.3 Å². The second-order valence-corrected chi connectivity index (χ2v) is 5.90. The molecule has 124 valence electrons. The van der Waals surface area contributed by atoms with Crippen LogP contribution in [0.4, 0.5) is 10.5 Å². The second-order valence-electron chi connectivity index (χ2n) is 5.90. The quantitative estimate of drug-likeness (QED) is 0.524. The summed E-state index contributed by atoms with van der Waals surface area (Å²) in [5.41, 5.74) is 0.875. The first-order valence-electron chi connectivity index (χ1n) is 8.89. The normalized spacial score (nSPS) is 10.5. The van der Waals surface area contributed by atoms with Crippen molar-refractivity contribution in [3.63, 3.8) is 0 Å². The van der Waals surface area contributed by atoms with Gasteiger partial charge in [-0.2, -0.15) is 0 Å². The van der Waals surface area contributed by atoms with Crippen LogP contribution in [0.3, 0.4) is 0 Å². The van der Waals surface area contributed by atoms with E-state index >= 15 is 0 Å². The third-order valence-electron chi connectivity index (χ3n) is 3.88. The van der Waals surface area contributed by atoms with Crippen molar-refractivity contribution in [2.75, 3.05) is 18.4 Å². The van der Waals surface area contributed by atoms with Crippen molar-refractivity contribution >= 4 is 11.7 Å².